The second-order valence-electron chi connectivity index (χ2n) is 16.6. The third kappa shape index (κ3) is 4.85. The van der Waals surface area contributed by atoms with Crippen LogP contribution in [0.5, 0.6) is 0 Å². The van der Waals surface area contributed by atoms with E-state index in [1.54, 1.807) is 0 Å². The fourth-order valence-corrected chi connectivity index (χ4v) is 10.6. The maximum Gasteiger partial charge on any atom is 0.137 e. The van der Waals surface area contributed by atoms with Crippen LogP contribution < -0.4 is 0 Å². The van der Waals surface area contributed by atoms with Crippen LogP contribution in [0.25, 0.3) is 121 Å². The summed E-state index contributed by atoms with van der Waals surface area (Å²) in [5, 5.41) is 9.71. The first-order valence-corrected chi connectivity index (χ1v) is 21.7. The van der Waals surface area contributed by atoms with Crippen LogP contribution >= 0.6 is 0 Å². The van der Waals surface area contributed by atoms with Gasteiger partial charge in [-0.2, -0.15) is 0 Å². The molecule has 6 heteroatoms. The number of rotatable bonds is 5. The minimum Gasteiger partial charge on any atom is -0.309 e. The number of aromatic nitrogens is 6. The van der Waals surface area contributed by atoms with Crippen molar-refractivity contribution < 1.29 is 0 Å². The summed E-state index contributed by atoms with van der Waals surface area (Å²) >= 11 is 0. The summed E-state index contributed by atoms with van der Waals surface area (Å²) in [5.74, 6) is 1.81. The fourth-order valence-electron chi connectivity index (χ4n) is 10.6. The molecule has 8 aromatic carbocycles. The second kappa shape index (κ2) is 13.4. The monoisotopic (exact) mass is 816 g/mol. The molecular weight excluding hydrogens is 781 g/mol. The molecule has 0 amide bonds. The van der Waals surface area contributed by atoms with Gasteiger partial charge in [0.1, 0.15) is 11.6 Å². The van der Waals surface area contributed by atoms with E-state index in [0.29, 0.717) is 0 Å². The Balaban J connectivity index is 1.06. The molecule has 14 aromatic rings. The van der Waals surface area contributed by atoms with Crippen molar-refractivity contribution in [3.05, 3.63) is 219 Å². The highest BCUT2D eigenvalue weighted by Gasteiger charge is 2.24. The standard InChI is InChI=1S/C58H36N6/c1-3-15-39(16-4-1)61-48-31-32-49-55(43-20-8-10-22-47(43)63(49)53-23-11-13-33-59-53)56(48)44-27-25-37(35-51(44)61)38-26-28-45-52(36-38)62(40-17-5-2-6-18-40)50-30-29-42-41-19-7-9-21-46(41)64(58(42)57(45)50)54-24-12-14-34-60-54/h1-36H. The van der Waals surface area contributed by atoms with Crippen molar-refractivity contribution in [2.24, 2.45) is 0 Å². The highest BCUT2D eigenvalue weighted by Crippen LogP contribution is 2.45. The van der Waals surface area contributed by atoms with Crippen molar-refractivity contribution >= 4 is 87.2 Å². The molecule has 0 aliphatic heterocycles. The molecule has 0 radical (unpaired) electrons. The Labute approximate surface area is 366 Å². The van der Waals surface area contributed by atoms with Gasteiger partial charge in [-0.3, -0.25) is 9.13 Å². The number of para-hydroxylation sites is 4. The van der Waals surface area contributed by atoms with E-state index in [1.165, 1.54) is 48.6 Å². The van der Waals surface area contributed by atoms with E-state index >= 15 is 0 Å². The Morgan fingerprint density at radius 2 is 0.703 bits per heavy atom. The lowest BCUT2D eigenvalue weighted by Crippen LogP contribution is -1.97. The average Bonchev–Trinajstić information content (AvgIpc) is 4.09. The van der Waals surface area contributed by atoms with Crippen LogP contribution in [0.2, 0.25) is 0 Å². The normalized spacial score (nSPS) is 12.1. The fraction of sp³-hybridized carbons (Fsp3) is 0. The number of fused-ring (bicyclic) bond motifs is 14. The predicted octanol–water partition coefficient (Wildman–Crippen LogP) is 14.5. The lowest BCUT2D eigenvalue weighted by atomic mass is 10.00. The SMILES string of the molecule is c1ccc(-n2c3cc(-c4ccc5c6c(ccc7c8ccccc8n(-c8ccccn8)c76)n(-c6ccccc6)c5c4)ccc3c3c4c5ccccc5n(-c5ccccn5)c4ccc32)cc1. The molecule has 0 spiro atoms. The molecule has 6 heterocycles. The zero-order chi connectivity index (χ0) is 41.9. The van der Waals surface area contributed by atoms with Crippen LogP contribution in [0.15, 0.2) is 219 Å². The van der Waals surface area contributed by atoms with Crippen LogP contribution in [0, 0.1) is 0 Å². The lowest BCUT2D eigenvalue weighted by molar-refractivity contribution is 1.08. The molecule has 0 atom stereocenters. The van der Waals surface area contributed by atoms with Crippen molar-refractivity contribution in [3.8, 4) is 34.1 Å². The highest BCUT2D eigenvalue weighted by molar-refractivity contribution is 6.29. The molecule has 6 aromatic heterocycles. The topological polar surface area (TPSA) is 45.5 Å². The second-order valence-corrected chi connectivity index (χ2v) is 16.6. The van der Waals surface area contributed by atoms with Gasteiger partial charge in [0, 0.05) is 66.9 Å². The van der Waals surface area contributed by atoms with Crippen molar-refractivity contribution in [2.45, 2.75) is 0 Å². The quantitative estimate of drug-likeness (QED) is 0.174. The van der Waals surface area contributed by atoms with Gasteiger partial charge in [0.2, 0.25) is 0 Å². The van der Waals surface area contributed by atoms with Gasteiger partial charge in [0.15, 0.2) is 0 Å². The van der Waals surface area contributed by atoms with E-state index in [1.807, 2.05) is 24.5 Å². The molecule has 298 valence electrons. The van der Waals surface area contributed by atoms with Crippen LogP contribution in [0.3, 0.4) is 0 Å². The number of nitrogens with zero attached hydrogens (tertiary/aromatic N) is 6. The smallest absolute Gasteiger partial charge is 0.137 e. The molecule has 0 aliphatic rings. The lowest BCUT2D eigenvalue weighted by Gasteiger charge is -2.10. The van der Waals surface area contributed by atoms with Gasteiger partial charge < -0.3 is 9.13 Å². The van der Waals surface area contributed by atoms with E-state index in [4.69, 9.17) is 9.97 Å². The molecule has 64 heavy (non-hydrogen) atoms. The minimum absolute atomic E-state index is 0.902. The molecule has 0 N–H and O–H groups in total. The third-order valence-electron chi connectivity index (χ3n) is 13.2. The number of hydrogen-bond donors (Lipinski definition) is 0. The van der Waals surface area contributed by atoms with Gasteiger partial charge >= 0.3 is 0 Å². The summed E-state index contributed by atoms with van der Waals surface area (Å²) in [5.41, 5.74) is 13.8. The largest absolute Gasteiger partial charge is 0.309 e. The highest BCUT2D eigenvalue weighted by atomic mass is 15.1. The van der Waals surface area contributed by atoms with E-state index in [-0.39, 0.29) is 0 Å². The predicted molar refractivity (Wildman–Crippen MR) is 265 cm³/mol. The molecular formula is C58H36N6. The van der Waals surface area contributed by atoms with E-state index in [2.05, 4.69) is 212 Å². The number of benzene rings is 8. The minimum atomic E-state index is 0.902. The summed E-state index contributed by atoms with van der Waals surface area (Å²) in [7, 11) is 0. The molecule has 0 unspecified atom stereocenters. The Kier molecular flexibility index (Phi) is 7.30. The van der Waals surface area contributed by atoms with Crippen molar-refractivity contribution in [2.75, 3.05) is 0 Å². The molecule has 0 saturated heterocycles. The van der Waals surface area contributed by atoms with Crippen LogP contribution in [0.4, 0.5) is 0 Å². The maximum atomic E-state index is 4.89. The Bertz CT molecular complexity index is 4160. The molecule has 14 rings (SSSR count). The zero-order valence-electron chi connectivity index (χ0n) is 34.5. The zero-order valence-corrected chi connectivity index (χ0v) is 34.5. The van der Waals surface area contributed by atoms with Crippen molar-refractivity contribution in [1.29, 1.82) is 0 Å². The summed E-state index contributed by atoms with van der Waals surface area (Å²) in [6.45, 7) is 0. The van der Waals surface area contributed by atoms with Crippen LogP contribution in [-0.2, 0) is 0 Å². The maximum absolute atomic E-state index is 4.89. The van der Waals surface area contributed by atoms with E-state index in [0.717, 1.165) is 72.8 Å². The van der Waals surface area contributed by atoms with Crippen LogP contribution in [-0.4, -0.2) is 28.2 Å². The van der Waals surface area contributed by atoms with Gasteiger partial charge in [-0.25, -0.2) is 9.97 Å². The number of hydrogen-bond acceptors (Lipinski definition) is 2. The van der Waals surface area contributed by atoms with Gasteiger partial charge in [0.25, 0.3) is 0 Å². The average molecular weight is 817 g/mol. The number of pyridine rings is 2. The molecule has 0 saturated carbocycles. The summed E-state index contributed by atoms with van der Waals surface area (Å²) in [6.07, 6.45) is 3.75. The molecule has 0 fully saturated rings. The van der Waals surface area contributed by atoms with Gasteiger partial charge in [0.05, 0.1) is 44.1 Å². The molecule has 0 bridgehead atoms. The van der Waals surface area contributed by atoms with Gasteiger partial charge in [-0.1, -0.05) is 115 Å². The Morgan fingerprint density at radius 1 is 0.266 bits per heavy atom. The first-order valence-electron chi connectivity index (χ1n) is 21.7. The van der Waals surface area contributed by atoms with E-state index in [9.17, 15) is 0 Å². The first-order chi connectivity index (χ1) is 31.8. The van der Waals surface area contributed by atoms with Crippen LogP contribution in [0.1, 0.15) is 0 Å². The summed E-state index contributed by atoms with van der Waals surface area (Å²) in [6, 6.07) is 74.4. The summed E-state index contributed by atoms with van der Waals surface area (Å²) in [4.78, 5) is 9.71. The van der Waals surface area contributed by atoms with Gasteiger partial charge in [-0.05, 0) is 102 Å². The summed E-state index contributed by atoms with van der Waals surface area (Å²) < 4.78 is 9.51. The Hall–Kier alpha value is -8.74. The van der Waals surface area contributed by atoms with E-state index < -0.39 is 0 Å². The Morgan fingerprint density at radius 3 is 1.30 bits per heavy atom. The van der Waals surface area contributed by atoms with Crippen molar-refractivity contribution in [3.63, 3.8) is 0 Å². The van der Waals surface area contributed by atoms with Crippen molar-refractivity contribution in [1.82, 2.24) is 28.2 Å². The third-order valence-corrected chi connectivity index (χ3v) is 13.2. The first kappa shape index (κ1) is 34.9. The molecule has 0 aliphatic carbocycles. The van der Waals surface area contributed by atoms with Gasteiger partial charge in [-0.15, -0.1) is 0 Å². The molecule has 6 nitrogen and oxygen atoms in total.